The monoisotopic (exact) mass is 247 g/mol. The van der Waals surface area contributed by atoms with Crippen LogP contribution in [0.4, 0.5) is 0 Å². The maximum atomic E-state index is 4.78. The molecule has 1 aromatic carbocycles. The number of rotatable bonds is 0. The van der Waals surface area contributed by atoms with Crippen LogP contribution in [-0.4, -0.2) is 14.4 Å². The van der Waals surface area contributed by atoms with E-state index in [2.05, 4.69) is 53.6 Å². The lowest BCUT2D eigenvalue weighted by Gasteiger charge is -2.10. The molecule has 3 nitrogen and oxygen atoms in total. The van der Waals surface area contributed by atoms with Crippen molar-refractivity contribution in [2.24, 2.45) is 0 Å². The quantitative estimate of drug-likeness (QED) is 0.444. The molecule has 3 heteroatoms. The van der Waals surface area contributed by atoms with Gasteiger partial charge in [-0.25, -0.2) is 4.98 Å². The summed E-state index contributed by atoms with van der Waals surface area (Å²) in [5, 5.41) is 2.44. The standard InChI is InChI=1S/C16H13N3/c1-10-9-14-17-7-8-19(14)16-13-6-4-3-5-12(13)11(2)18-15(10)16/h3-9H,1-2H3. The SMILES string of the molecule is Cc1nc2c(C)cc3nccn3c2c2ccccc12. The number of imidazole rings is 1. The normalized spacial score (nSPS) is 11.7. The minimum absolute atomic E-state index is 0.973. The number of nitrogens with zero attached hydrogens (tertiary/aromatic N) is 3. The fourth-order valence-electron chi connectivity index (χ4n) is 2.81. The van der Waals surface area contributed by atoms with E-state index in [0.29, 0.717) is 0 Å². The molecule has 0 amide bonds. The first kappa shape index (κ1) is 10.5. The second kappa shape index (κ2) is 3.54. The van der Waals surface area contributed by atoms with Crippen molar-refractivity contribution in [3.63, 3.8) is 0 Å². The van der Waals surface area contributed by atoms with E-state index in [1.807, 2.05) is 12.4 Å². The van der Waals surface area contributed by atoms with E-state index in [1.54, 1.807) is 0 Å². The molecule has 0 aliphatic heterocycles. The summed E-state index contributed by atoms with van der Waals surface area (Å²) < 4.78 is 2.12. The fourth-order valence-corrected chi connectivity index (χ4v) is 2.81. The number of hydrogen-bond acceptors (Lipinski definition) is 2. The molecule has 19 heavy (non-hydrogen) atoms. The highest BCUT2D eigenvalue weighted by Crippen LogP contribution is 2.28. The number of fused-ring (bicyclic) bond motifs is 5. The van der Waals surface area contributed by atoms with Gasteiger partial charge in [0.2, 0.25) is 0 Å². The zero-order valence-electron chi connectivity index (χ0n) is 10.9. The van der Waals surface area contributed by atoms with Gasteiger partial charge >= 0.3 is 0 Å². The van der Waals surface area contributed by atoms with Crippen LogP contribution >= 0.6 is 0 Å². The van der Waals surface area contributed by atoms with Crippen LogP contribution in [0.15, 0.2) is 42.7 Å². The Balaban J connectivity index is 2.43. The maximum Gasteiger partial charge on any atom is 0.137 e. The van der Waals surface area contributed by atoms with Crippen LogP contribution in [0.25, 0.3) is 27.5 Å². The van der Waals surface area contributed by atoms with Crippen molar-refractivity contribution in [2.75, 3.05) is 0 Å². The molecule has 0 bridgehead atoms. The highest BCUT2D eigenvalue weighted by molar-refractivity contribution is 6.06. The highest BCUT2D eigenvalue weighted by Gasteiger charge is 2.11. The maximum absolute atomic E-state index is 4.78. The summed E-state index contributed by atoms with van der Waals surface area (Å²) in [6.45, 7) is 4.16. The molecule has 0 saturated carbocycles. The third kappa shape index (κ3) is 1.32. The minimum Gasteiger partial charge on any atom is -0.297 e. The second-order valence-corrected chi connectivity index (χ2v) is 4.92. The molecule has 4 rings (SSSR count). The van der Waals surface area contributed by atoms with Gasteiger partial charge in [-0.05, 0) is 25.5 Å². The Kier molecular flexibility index (Phi) is 1.96. The van der Waals surface area contributed by atoms with Crippen LogP contribution in [0.1, 0.15) is 11.3 Å². The molecule has 0 N–H and O–H groups in total. The Morgan fingerprint density at radius 1 is 1.05 bits per heavy atom. The van der Waals surface area contributed by atoms with Crippen LogP contribution < -0.4 is 0 Å². The predicted molar refractivity (Wildman–Crippen MR) is 77.5 cm³/mol. The third-order valence-electron chi connectivity index (χ3n) is 3.71. The first-order valence-electron chi connectivity index (χ1n) is 6.37. The Morgan fingerprint density at radius 2 is 1.84 bits per heavy atom. The fraction of sp³-hybridized carbons (Fsp3) is 0.125. The summed E-state index contributed by atoms with van der Waals surface area (Å²) in [6, 6.07) is 10.5. The molecule has 4 aromatic rings. The van der Waals surface area contributed by atoms with Crippen molar-refractivity contribution in [1.82, 2.24) is 14.4 Å². The lowest BCUT2D eigenvalue weighted by Crippen LogP contribution is -1.96. The minimum atomic E-state index is 0.973. The van der Waals surface area contributed by atoms with Crippen molar-refractivity contribution >= 4 is 27.5 Å². The van der Waals surface area contributed by atoms with E-state index in [1.165, 1.54) is 16.3 Å². The van der Waals surface area contributed by atoms with Crippen LogP contribution in [0.3, 0.4) is 0 Å². The zero-order chi connectivity index (χ0) is 13.0. The van der Waals surface area contributed by atoms with Gasteiger partial charge in [0.25, 0.3) is 0 Å². The number of aryl methyl sites for hydroxylation is 2. The average molecular weight is 247 g/mol. The Labute approximate surface area is 110 Å². The molecule has 0 unspecified atom stereocenters. The molecule has 0 spiro atoms. The number of benzene rings is 1. The molecule has 3 aromatic heterocycles. The zero-order valence-corrected chi connectivity index (χ0v) is 10.9. The lowest BCUT2D eigenvalue weighted by atomic mass is 10.1. The summed E-state index contributed by atoms with van der Waals surface area (Å²) in [5.41, 5.74) is 5.42. The molecule has 0 aliphatic rings. The summed E-state index contributed by atoms with van der Waals surface area (Å²) in [5.74, 6) is 0. The molecule has 0 aliphatic carbocycles. The second-order valence-electron chi connectivity index (χ2n) is 4.92. The van der Waals surface area contributed by atoms with Crippen molar-refractivity contribution < 1.29 is 0 Å². The largest absolute Gasteiger partial charge is 0.297 e. The number of pyridine rings is 2. The highest BCUT2D eigenvalue weighted by atomic mass is 15.0. The van der Waals surface area contributed by atoms with Crippen LogP contribution in [0, 0.1) is 13.8 Å². The van der Waals surface area contributed by atoms with E-state index < -0.39 is 0 Å². The summed E-state index contributed by atoms with van der Waals surface area (Å²) >= 11 is 0. The molecule has 0 fully saturated rings. The van der Waals surface area contributed by atoms with Gasteiger partial charge in [-0.2, -0.15) is 0 Å². The van der Waals surface area contributed by atoms with Crippen LogP contribution in [0.5, 0.6) is 0 Å². The van der Waals surface area contributed by atoms with Gasteiger partial charge < -0.3 is 0 Å². The molecule has 3 heterocycles. The smallest absolute Gasteiger partial charge is 0.137 e. The van der Waals surface area contributed by atoms with Crippen molar-refractivity contribution in [3.8, 4) is 0 Å². The van der Waals surface area contributed by atoms with Gasteiger partial charge in [0.05, 0.1) is 11.0 Å². The summed E-state index contributed by atoms with van der Waals surface area (Å²) in [6.07, 6.45) is 3.84. The first-order chi connectivity index (χ1) is 9.25. The Morgan fingerprint density at radius 3 is 2.68 bits per heavy atom. The molecule has 0 radical (unpaired) electrons. The average Bonchev–Trinajstić information content (AvgIpc) is 2.87. The lowest BCUT2D eigenvalue weighted by molar-refractivity contribution is 1.20. The van der Waals surface area contributed by atoms with Gasteiger partial charge in [-0.15, -0.1) is 0 Å². The van der Waals surface area contributed by atoms with E-state index in [9.17, 15) is 0 Å². The summed E-state index contributed by atoms with van der Waals surface area (Å²) in [7, 11) is 0. The van der Waals surface area contributed by atoms with Crippen molar-refractivity contribution in [1.29, 1.82) is 0 Å². The van der Waals surface area contributed by atoms with Gasteiger partial charge in [-0.3, -0.25) is 9.38 Å². The molecule has 0 atom stereocenters. The van der Waals surface area contributed by atoms with E-state index in [4.69, 9.17) is 4.98 Å². The third-order valence-corrected chi connectivity index (χ3v) is 3.71. The van der Waals surface area contributed by atoms with Gasteiger partial charge in [0.1, 0.15) is 5.65 Å². The van der Waals surface area contributed by atoms with E-state index in [0.717, 1.165) is 22.4 Å². The Hall–Kier alpha value is -2.42. The van der Waals surface area contributed by atoms with E-state index in [-0.39, 0.29) is 0 Å². The van der Waals surface area contributed by atoms with Crippen molar-refractivity contribution in [3.05, 3.63) is 54.0 Å². The topological polar surface area (TPSA) is 30.2 Å². The van der Waals surface area contributed by atoms with Gasteiger partial charge in [0.15, 0.2) is 0 Å². The molecular weight excluding hydrogens is 234 g/mol. The number of hydrogen-bond donors (Lipinski definition) is 0. The van der Waals surface area contributed by atoms with Crippen molar-refractivity contribution in [2.45, 2.75) is 13.8 Å². The number of aromatic nitrogens is 3. The first-order valence-corrected chi connectivity index (χ1v) is 6.37. The predicted octanol–water partition coefficient (Wildman–Crippen LogP) is 3.65. The molecule has 0 saturated heterocycles. The van der Waals surface area contributed by atoms with E-state index >= 15 is 0 Å². The molecule has 92 valence electrons. The summed E-state index contributed by atoms with van der Waals surface area (Å²) in [4.78, 5) is 9.18. The van der Waals surface area contributed by atoms with Gasteiger partial charge in [-0.1, -0.05) is 24.3 Å². The van der Waals surface area contributed by atoms with Crippen LogP contribution in [0.2, 0.25) is 0 Å². The Bertz CT molecular complexity index is 935. The van der Waals surface area contributed by atoms with Gasteiger partial charge in [0, 0.05) is 28.9 Å². The molecular formula is C16H13N3. The van der Waals surface area contributed by atoms with Crippen LogP contribution in [-0.2, 0) is 0 Å².